The maximum Gasteiger partial charge on any atom is 0.306 e. The summed E-state index contributed by atoms with van der Waals surface area (Å²) in [7, 11) is 1.85. The van der Waals surface area contributed by atoms with E-state index in [1.165, 1.54) is 6.07 Å². The minimum absolute atomic E-state index is 0.120. The molecule has 1 unspecified atom stereocenters. The number of likely N-dealkylation sites (tertiary alicyclic amines) is 1. The van der Waals surface area contributed by atoms with Crippen LogP contribution < -0.4 is 5.32 Å². The quantitative estimate of drug-likeness (QED) is 0.274. The van der Waals surface area contributed by atoms with Crippen LogP contribution in [0.15, 0.2) is 42.6 Å². The van der Waals surface area contributed by atoms with Crippen molar-refractivity contribution in [1.82, 2.24) is 9.47 Å². The van der Waals surface area contributed by atoms with Crippen molar-refractivity contribution in [2.24, 2.45) is 18.9 Å². The standard InChI is InChI=1S/C33H39ClFN3O5/c1-20(2)33(38-14-6-7-15-38,43-23-12-10-21(11-13-23)32(41)42)30(39)17-22-16-26(34)28(18-27(22)35)36-31(40)25-19-37(3)29-9-5-4-8-24(25)29/h4-5,8-9,16,18-21,23H,6-7,10-15,17H2,1-3H3,(H,36,40)(H,41,42). The fraction of sp³-hybridized carbons (Fsp3) is 0.485. The molecule has 1 aromatic heterocycles. The molecule has 8 nitrogen and oxygen atoms in total. The summed E-state index contributed by atoms with van der Waals surface area (Å²) in [6.07, 6.45) is 5.19. The minimum atomic E-state index is -1.27. The highest BCUT2D eigenvalue weighted by atomic mass is 35.5. The number of fused-ring (bicyclic) bond motifs is 1. The number of anilines is 1. The maximum atomic E-state index is 15.6. The van der Waals surface area contributed by atoms with E-state index in [1.54, 1.807) is 6.20 Å². The predicted octanol–water partition coefficient (Wildman–Crippen LogP) is 6.44. The van der Waals surface area contributed by atoms with E-state index in [9.17, 15) is 19.5 Å². The van der Waals surface area contributed by atoms with Gasteiger partial charge in [0.2, 0.25) is 0 Å². The number of carbonyl (C=O) groups is 3. The summed E-state index contributed by atoms with van der Waals surface area (Å²) in [5.74, 6) is -2.74. The number of hydrogen-bond donors (Lipinski definition) is 2. The van der Waals surface area contributed by atoms with Crippen molar-refractivity contribution < 1.29 is 28.6 Å². The minimum Gasteiger partial charge on any atom is -0.481 e. The number of ketones is 1. The van der Waals surface area contributed by atoms with E-state index in [0.717, 1.165) is 29.8 Å². The second kappa shape index (κ2) is 12.8. The van der Waals surface area contributed by atoms with Crippen molar-refractivity contribution in [3.05, 3.63) is 64.6 Å². The van der Waals surface area contributed by atoms with Gasteiger partial charge in [-0.25, -0.2) is 4.39 Å². The number of benzene rings is 2. The summed E-state index contributed by atoms with van der Waals surface area (Å²) in [5, 5.41) is 13.0. The van der Waals surface area contributed by atoms with Gasteiger partial charge in [-0.2, -0.15) is 0 Å². The molecule has 1 aliphatic carbocycles. The number of hydrogen-bond acceptors (Lipinski definition) is 5. The van der Waals surface area contributed by atoms with Gasteiger partial charge in [-0.05, 0) is 62.3 Å². The maximum absolute atomic E-state index is 15.6. The molecule has 230 valence electrons. The zero-order chi connectivity index (χ0) is 30.9. The molecule has 1 aliphatic heterocycles. The van der Waals surface area contributed by atoms with E-state index in [2.05, 4.69) is 10.2 Å². The first kappa shape index (κ1) is 31.2. The van der Waals surface area contributed by atoms with Gasteiger partial charge in [0.25, 0.3) is 5.91 Å². The fourth-order valence-corrected chi connectivity index (χ4v) is 6.94. The molecular weight excluding hydrogens is 573 g/mol. The third-order valence-electron chi connectivity index (χ3n) is 9.00. The van der Waals surface area contributed by atoms with Crippen molar-refractivity contribution in [3.63, 3.8) is 0 Å². The van der Waals surface area contributed by atoms with Crippen molar-refractivity contribution >= 4 is 45.9 Å². The molecular formula is C33H39ClFN3O5. The van der Waals surface area contributed by atoms with E-state index in [-0.39, 0.29) is 40.5 Å². The van der Waals surface area contributed by atoms with Gasteiger partial charge in [0.1, 0.15) is 5.82 Å². The number of aromatic nitrogens is 1. The van der Waals surface area contributed by atoms with E-state index in [0.29, 0.717) is 44.3 Å². The smallest absolute Gasteiger partial charge is 0.306 e. The Kier molecular flexibility index (Phi) is 9.25. The lowest BCUT2D eigenvalue weighted by molar-refractivity contribution is -0.212. The summed E-state index contributed by atoms with van der Waals surface area (Å²) in [6.45, 7) is 5.26. The molecule has 2 fully saturated rings. The van der Waals surface area contributed by atoms with Gasteiger partial charge < -0.3 is 19.7 Å². The molecule has 2 aromatic carbocycles. The van der Waals surface area contributed by atoms with Gasteiger partial charge in [0.15, 0.2) is 11.5 Å². The topological polar surface area (TPSA) is 101 Å². The lowest BCUT2D eigenvalue weighted by Crippen LogP contribution is -2.61. The normalized spacial score (nSPS) is 20.8. The molecule has 5 rings (SSSR count). The monoisotopic (exact) mass is 611 g/mol. The molecule has 0 spiro atoms. The number of nitrogens with one attached hydrogen (secondary N) is 1. The van der Waals surface area contributed by atoms with E-state index in [1.807, 2.05) is 49.7 Å². The Morgan fingerprint density at radius 3 is 2.44 bits per heavy atom. The number of Topliss-reactive ketones (excluding diaryl/α,β-unsaturated/α-hetero) is 1. The van der Waals surface area contributed by atoms with Crippen LogP contribution in [0.1, 0.15) is 68.3 Å². The number of carboxylic acid groups (broad SMARTS) is 1. The van der Waals surface area contributed by atoms with Gasteiger partial charge in [-0.3, -0.25) is 19.3 Å². The number of aliphatic carboxylic acids is 1. The zero-order valence-corrected chi connectivity index (χ0v) is 25.6. The Balaban J connectivity index is 1.37. The Labute approximate surface area is 256 Å². The van der Waals surface area contributed by atoms with Crippen LogP contribution >= 0.6 is 11.6 Å². The predicted molar refractivity (Wildman–Crippen MR) is 164 cm³/mol. The van der Waals surface area contributed by atoms with Crippen LogP contribution in [0.5, 0.6) is 0 Å². The molecule has 1 saturated heterocycles. The lowest BCUT2D eigenvalue weighted by Gasteiger charge is -2.46. The first-order valence-electron chi connectivity index (χ1n) is 15.0. The van der Waals surface area contributed by atoms with Gasteiger partial charge in [-0.1, -0.05) is 43.6 Å². The van der Waals surface area contributed by atoms with Gasteiger partial charge >= 0.3 is 5.97 Å². The summed E-state index contributed by atoms with van der Waals surface area (Å²) >= 11 is 6.55. The molecule has 1 saturated carbocycles. The molecule has 0 radical (unpaired) electrons. The van der Waals surface area contributed by atoms with Gasteiger partial charge in [-0.15, -0.1) is 0 Å². The summed E-state index contributed by atoms with van der Waals surface area (Å²) in [6, 6.07) is 10.1. The highest BCUT2D eigenvalue weighted by molar-refractivity contribution is 6.34. The molecule has 2 heterocycles. The fourth-order valence-electron chi connectivity index (χ4n) is 6.70. The Morgan fingerprint density at radius 1 is 1.12 bits per heavy atom. The van der Waals surface area contributed by atoms with Crippen molar-refractivity contribution in [2.75, 3.05) is 18.4 Å². The summed E-state index contributed by atoms with van der Waals surface area (Å²) < 4.78 is 24.1. The largest absolute Gasteiger partial charge is 0.481 e. The van der Waals surface area contributed by atoms with Gasteiger partial charge in [0, 0.05) is 49.6 Å². The lowest BCUT2D eigenvalue weighted by atomic mass is 9.85. The van der Waals surface area contributed by atoms with Crippen molar-refractivity contribution in [2.45, 2.75) is 70.6 Å². The number of halogens is 2. The first-order valence-corrected chi connectivity index (χ1v) is 15.4. The van der Waals surface area contributed by atoms with Gasteiger partial charge in [0.05, 0.1) is 28.3 Å². The number of ether oxygens (including phenoxy) is 1. The van der Waals surface area contributed by atoms with Crippen LogP contribution in [-0.4, -0.2) is 57.2 Å². The zero-order valence-electron chi connectivity index (χ0n) is 24.9. The molecule has 1 atom stereocenters. The Hall–Kier alpha value is -3.27. The first-order chi connectivity index (χ1) is 20.5. The van der Waals surface area contributed by atoms with Crippen LogP contribution in [0.2, 0.25) is 5.02 Å². The molecule has 2 N–H and O–H groups in total. The van der Waals surface area contributed by atoms with Crippen LogP contribution in [0, 0.1) is 17.7 Å². The van der Waals surface area contributed by atoms with Crippen LogP contribution in [0.4, 0.5) is 10.1 Å². The number of carboxylic acids is 1. The van der Waals surface area contributed by atoms with Crippen molar-refractivity contribution in [1.29, 1.82) is 0 Å². The number of para-hydroxylation sites is 1. The second-order valence-corrected chi connectivity index (χ2v) is 12.5. The highest BCUT2D eigenvalue weighted by Crippen LogP contribution is 2.38. The number of carbonyl (C=O) groups excluding carboxylic acids is 2. The third-order valence-corrected chi connectivity index (χ3v) is 9.32. The number of nitrogens with zero attached hydrogens (tertiary/aromatic N) is 2. The van der Waals surface area contributed by atoms with Crippen LogP contribution in [0.25, 0.3) is 10.9 Å². The average molecular weight is 612 g/mol. The summed E-state index contributed by atoms with van der Waals surface area (Å²) in [4.78, 5) is 40.9. The number of amides is 1. The molecule has 0 bridgehead atoms. The molecule has 1 amide bonds. The molecule has 2 aliphatic rings. The van der Waals surface area contributed by atoms with E-state index < -0.39 is 29.3 Å². The van der Waals surface area contributed by atoms with E-state index in [4.69, 9.17) is 16.3 Å². The van der Waals surface area contributed by atoms with E-state index >= 15 is 4.39 Å². The molecule has 43 heavy (non-hydrogen) atoms. The SMILES string of the molecule is CC(C)C(OC1CCC(C(=O)O)CC1)(C(=O)Cc1cc(Cl)c(NC(=O)c2cn(C)c3ccccc23)cc1F)N1CCCC1. The second-order valence-electron chi connectivity index (χ2n) is 12.1. The third kappa shape index (κ3) is 6.21. The Morgan fingerprint density at radius 2 is 1.79 bits per heavy atom. The summed E-state index contributed by atoms with van der Waals surface area (Å²) in [5.41, 5.74) is 0.311. The van der Waals surface area contributed by atoms with Crippen LogP contribution in [0.3, 0.4) is 0 Å². The number of aryl methyl sites for hydroxylation is 1. The Bertz CT molecular complexity index is 1520. The van der Waals surface area contributed by atoms with Crippen molar-refractivity contribution in [3.8, 4) is 0 Å². The molecule has 3 aromatic rings. The average Bonchev–Trinajstić information content (AvgIpc) is 3.63. The number of rotatable bonds is 10. The molecule has 10 heteroatoms. The van der Waals surface area contributed by atoms with Crippen LogP contribution in [-0.2, 0) is 27.8 Å². The highest BCUT2D eigenvalue weighted by Gasteiger charge is 2.50.